The van der Waals surface area contributed by atoms with E-state index in [2.05, 4.69) is 15.6 Å². The molecule has 0 saturated heterocycles. The zero-order valence-electron chi connectivity index (χ0n) is 17.8. The number of rotatable bonds is 10. The maximum Gasteiger partial charge on any atom is 0.257 e. The summed E-state index contributed by atoms with van der Waals surface area (Å²) in [5.74, 6) is -0.0920. The number of nitrogens with one attached hydrogen (secondary N) is 3. The van der Waals surface area contributed by atoms with Gasteiger partial charge in [0.15, 0.2) is 5.76 Å². The summed E-state index contributed by atoms with van der Waals surface area (Å²) in [6.45, 7) is -0.552. The summed E-state index contributed by atoms with van der Waals surface area (Å²) < 4.78 is 36.8. The van der Waals surface area contributed by atoms with Crippen molar-refractivity contribution in [3.63, 3.8) is 0 Å². The van der Waals surface area contributed by atoms with Crippen molar-refractivity contribution in [1.29, 1.82) is 5.41 Å². The number of carbonyl (C=O) groups excluding carboxylic acids is 1. The Hall–Kier alpha value is -3.46. The third-order valence-corrected chi connectivity index (χ3v) is 5.13. The summed E-state index contributed by atoms with van der Waals surface area (Å²) in [7, 11) is 1.44. The lowest BCUT2D eigenvalue weighted by Crippen LogP contribution is -2.31. The molecule has 0 fully saturated rings. The molecule has 0 aliphatic carbocycles. The van der Waals surface area contributed by atoms with Gasteiger partial charge in [-0.2, -0.15) is 0 Å². The minimum absolute atomic E-state index is 0.175. The molecule has 0 unspecified atom stereocenters. The summed E-state index contributed by atoms with van der Waals surface area (Å²) in [4.78, 5) is 17.3. The number of ether oxygens (including phenoxy) is 1. The number of carbonyl (C=O) groups is 1. The molecule has 33 heavy (non-hydrogen) atoms. The zero-order valence-corrected chi connectivity index (χ0v) is 18.6. The molecule has 174 valence electrons. The molecule has 0 spiro atoms. The molecule has 0 bridgehead atoms. The number of methoxy groups -OCH3 is 1. The zero-order chi connectivity index (χ0) is 23.8. The predicted molar refractivity (Wildman–Crippen MR) is 121 cm³/mol. The first-order valence-electron chi connectivity index (χ1n) is 10.1. The number of halogens is 3. The average molecular weight is 477 g/mol. The van der Waals surface area contributed by atoms with Gasteiger partial charge in [0.1, 0.15) is 30.1 Å². The number of hydrogen-bond acceptors (Lipinski definition) is 5. The van der Waals surface area contributed by atoms with Crippen LogP contribution in [0.5, 0.6) is 5.75 Å². The highest BCUT2D eigenvalue weighted by Gasteiger charge is 2.24. The standard InChI is InChI=1S/C23H23ClF2N4O3/c1-32-18-6-2-4-16(24)21(18)22(31)30-17(5-3-11-28-20(27)12-25)23-29-13-19(33-23)14-7-9-15(26)10-8-14/h2,4,6-10,13,17H,3,5,11-12H2,1H3,(H2,27,28)(H,30,31)/t17-/m0/s1. The van der Waals surface area contributed by atoms with Crippen molar-refractivity contribution in [3.05, 3.63) is 71.0 Å². The van der Waals surface area contributed by atoms with Crippen LogP contribution in [0.4, 0.5) is 8.78 Å². The van der Waals surface area contributed by atoms with E-state index < -0.39 is 18.6 Å². The number of benzene rings is 2. The maximum absolute atomic E-state index is 13.2. The van der Waals surface area contributed by atoms with Crippen molar-refractivity contribution in [2.45, 2.75) is 18.9 Å². The Kier molecular flexibility index (Phi) is 8.37. The fourth-order valence-electron chi connectivity index (χ4n) is 3.17. The lowest BCUT2D eigenvalue weighted by molar-refractivity contribution is 0.0924. The Morgan fingerprint density at radius 3 is 2.73 bits per heavy atom. The number of alkyl halides is 1. The Balaban J connectivity index is 1.81. The van der Waals surface area contributed by atoms with E-state index >= 15 is 0 Å². The van der Waals surface area contributed by atoms with Gasteiger partial charge in [0.2, 0.25) is 5.89 Å². The molecule has 1 atom stereocenters. The second-order valence-corrected chi connectivity index (χ2v) is 7.50. The van der Waals surface area contributed by atoms with E-state index in [1.807, 2.05) is 0 Å². The Bertz CT molecular complexity index is 1110. The van der Waals surface area contributed by atoms with Crippen LogP contribution in [0.2, 0.25) is 5.02 Å². The van der Waals surface area contributed by atoms with Gasteiger partial charge >= 0.3 is 0 Å². The smallest absolute Gasteiger partial charge is 0.257 e. The highest BCUT2D eigenvalue weighted by Crippen LogP contribution is 2.29. The number of amidine groups is 1. The normalized spacial score (nSPS) is 11.6. The van der Waals surface area contributed by atoms with Crippen molar-refractivity contribution >= 4 is 23.3 Å². The van der Waals surface area contributed by atoms with E-state index in [0.29, 0.717) is 36.5 Å². The van der Waals surface area contributed by atoms with Crippen LogP contribution < -0.4 is 15.4 Å². The number of aromatic nitrogens is 1. The van der Waals surface area contributed by atoms with Crippen molar-refractivity contribution in [3.8, 4) is 17.1 Å². The van der Waals surface area contributed by atoms with Crippen LogP contribution in [0.1, 0.15) is 35.1 Å². The molecule has 10 heteroatoms. The minimum Gasteiger partial charge on any atom is -0.496 e. The van der Waals surface area contributed by atoms with Crippen LogP contribution in [0.25, 0.3) is 11.3 Å². The first-order valence-corrected chi connectivity index (χ1v) is 10.5. The van der Waals surface area contributed by atoms with Crippen molar-refractivity contribution in [2.75, 3.05) is 20.3 Å². The Morgan fingerprint density at radius 2 is 2.03 bits per heavy atom. The quantitative estimate of drug-likeness (QED) is 0.219. The first-order chi connectivity index (χ1) is 15.9. The van der Waals surface area contributed by atoms with Crippen molar-refractivity contribution < 1.29 is 22.7 Å². The second-order valence-electron chi connectivity index (χ2n) is 7.09. The van der Waals surface area contributed by atoms with Crippen LogP contribution >= 0.6 is 11.6 Å². The predicted octanol–water partition coefficient (Wildman–Crippen LogP) is 4.93. The summed E-state index contributed by atoms with van der Waals surface area (Å²) in [5.41, 5.74) is 0.806. The van der Waals surface area contributed by atoms with E-state index in [1.54, 1.807) is 30.3 Å². The van der Waals surface area contributed by atoms with Gasteiger partial charge in [-0.05, 0) is 49.2 Å². The Labute approximate surface area is 194 Å². The second kappa shape index (κ2) is 11.4. The van der Waals surface area contributed by atoms with E-state index in [4.69, 9.17) is 26.2 Å². The lowest BCUT2D eigenvalue weighted by Gasteiger charge is -2.18. The van der Waals surface area contributed by atoms with Gasteiger partial charge in [-0.3, -0.25) is 10.2 Å². The molecular weight excluding hydrogens is 454 g/mol. The molecule has 1 aromatic heterocycles. The molecule has 1 heterocycles. The highest BCUT2D eigenvalue weighted by atomic mass is 35.5. The molecule has 0 aliphatic heterocycles. The number of oxazole rings is 1. The third kappa shape index (κ3) is 6.29. The summed E-state index contributed by atoms with van der Waals surface area (Å²) in [5, 5.41) is 13.1. The molecular formula is C23H23ClF2N4O3. The van der Waals surface area contributed by atoms with Gasteiger partial charge in [0.05, 0.1) is 23.9 Å². The largest absolute Gasteiger partial charge is 0.496 e. The topological polar surface area (TPSA) is 100 Å². The SMILES string of the molecule is COc1cccc(Cl)c1C(=O)N[C@@H](CCCNC(=N)CF)c1ncc(-c2ccc(F)cc2)o1. The van der Waals surface area contributed by atoms with Gasteiger partial charge in [0, 0.05) is 12.1 Å². The van der Waals surface area contributed by atoms with Gasteiger partial charge in [-0.1, -0.05) is 17.7 Å². The lowest BCUT2D eigenvalue weighted by atomic mass is 10.1. The molecule has 3 rings (SSSR count). The monoisotopic (exact) mass is 476 g/mol. The molecule has 3 aromatic rings. The summed E-state index contributed by atoms with van der Waals surface area (Å²) in [6, 6.07) is 9.98. The average Bonchev–Trinajstić information content (AvgIpc) is 3.31. The molecule has 1 amide bonds. The van der Waals surface area contributed by atoms with Crippen LogP contribution in [-0.2, 0) is 0 Å². The van der Waals surface area contributed by atoms with Crippen molar-refractivity contribution in [2.24, 2.45) is 0 Å². The number of nitrogens with zero attached hydrogens (tertiary/aromatic N) is 1. The minimum atomic E-state index is -0.882. The van der Waals surface area contributed by atoms with E-state index in [9.17, 15) is 13.6 Å². The van der Waals surface area contributed by atoms with E-state index in [0.717, 1.165) is 0 Å². The fourth-order valence-corrected chi connectivity index (χ4v) is 3.42. The molecule has 3 N–H and O–H groups in total. The summed E-state index contributed by atoms with van der Waals surface area (Å²) in [6.07, 6.45) is 2.37. The molecule has 0 radical (unpaired) electrons. The van der Waals surface area contributed by atoms with Crippen LogP contribution in [0.15, 0.2) is 53.1 Å². The molecule has 2 aromatic carbocycles. The molecule has 0 saturated carbocycles. The van der Waals surface area contributed by atoms with Gasteiger partial charge in [-0.15, -0.1) is 0 Å². The maximum atomic E-state index is 13.2. The van der Waals surface area contributed by atoms with Gasteiger partial charge in [-0.25, -0.2) is 13.8 Å². The van der Waals surface area contributed by atoms with Crippen molar-refractivity contribution in [1.82, 2.24) is 15.6 Å². The van der Waals surface area contributed by atoms with Crippen LogP contribution in [-0.4, -0.2) is 37.1 Å². The molecule has 0 aliphatic rings. The van der Waals surface area contributed by atoms with Gasteiger partial charge in [0.25, 0.3) is 5.91 Å². The molecule has 7 nitrogen and oxygen atoms in total. The van der Waals surface area contributed by atoms with E-state index in [1.165, 1.54) is 25.4 Å². The highest BCUT2D eigenvalue weighted by molar-refractivity contribution is 6.34. The third-order valence-electron chi connectivity index (χ3n) is 4.82. The fraction of sp³-hybridized carbons (Fsp3) is 0.261. The van der Waals surface area contributed by atoms with Gasteiger partial charge < -0.3 is 19.8 Å². The van der Waals surface area contributed by atoms with Crippen LogP contribution in [0.3, 0.4) is 0 Å². The first kappa shape index (κ1) is 24.2. The van der Waals surface area contributed by atoms with E-state index in [-0.39, 0.29) is 28.1 Å². The Morgan fingerprint density at radius 1 is 1.27 bits per heavy atom. The summed E-state index contributed by atoms with van der Waals surface area (Å²) >= 11 is 6.23. The number of amides is 1. The number of hydrogen-bond donors (Lipinski definition) is 3. The van der Waals surface area contributed by atoms with Crippen LogP contribution in [0, 0.1) is 11.2 Å².